The first kappa shape index (κ1) is 13.4. The summed E-state index contributed by atoms with van der Waals surface area (Å²) in [5.74, 6) is 0.907. The van der Waals surface area contributed by atoms with Crippen molar-refractivity contribution >= 4 is 0 Å². The third kappa shape index (κ3) is 2.03. The average molecular weight is 253 g/mol. The van der Waals surface area contributed by atoms with E-state index in [0.29, 0.717) is 6.04 Å². The van der Waals surface area contributed by atoms with Crippen LogP contribution < -0.4 is 5.32 Å². The number of rotatable bonds is 5. The molecule has 102 valence electrons. The number of nitrogens with one attached hydrogen (secondary N) is 1. The van der Waals surface area contributed by atoms with Gasteiger partial charge in [-0.3, -0.25) is 0 Å². The molecule has 0 amide bonds. The number of nitrogens with zero attached hydrogens (tertiary/aromatic N) is 4. The molecule has 3 atom stereocenters. The zero-order valence-electron chi connectivity index (χ0n) is 11.8. The maximum absolute atomic E-state index is 5.48. The first-order valence-electron chi connectivity index (χ1n) is 6.56. The van der Waals surface area contributed by atoms with Crippen LogP contribution in [0.2, 0.25) is 0 Å². The molecule has 6 nitrogen and oxygen atoms in total. The molecule has 1 N–H and O–H groups in total. The Morgan fingerprint density at radius 2 is 2.28 bits per heavy atom. The van der Waals surface area contributed by atoms with Gasteiger partial charge in [0.15, 0.2) is 5.82 Å². The van der Waals surface area contributed by atoms with Gasteiger partial charge in [-0.1, -0.05) is 20.8 Å². The van der Waals surface area contributed by atoms with E-state index in [1.807, 2.05) is 4.68 Å². The van der Waals surface area contributed by atoms with E-state index in [2.05, 4.69) is 48.5 Å². The van der Waals surface area contributed by atoms with Gasteiger partial charge in [-0.15, -0.1) is 5.10 Å². The molecule has 0 aliphatic heterocycles. The van der Waals surface area contributed by atoms with Crippen molar-refractivity contribution in [3.8, 4) is 0 Å². The highest BCUT2D eigenvalue weighted by molar-refractivity contribution is 5.04. The number of hydrogen-bond acceptors (Lipinski definition) is 5. The first-order chi connectivity index (χ1) is 8.52. The molecule has 1 heterocycles. The predicted octanol–water partition coefficient (Wildman–Crippen LogP) is 1.33. The lowest BCUT2D eigenvalue weighted by atomic mass is 9.64. The van der Waals surface area contributed by atoms with E-state index in [1.165, 1.54) is 0 Å². The maximum atomic E-state index is 5.48. The summed E-state index contributed by atoms with van der Waals surface area (Å²) in [4.78, 5) is 0. The highest BCUT2D eigenvalue weighted by atomic mass is 16.5. The van der Waals surface area contributed by atoms with Crippen LogP contribution in [0.1, 0.15) is 52.0 Å². The minimum absolute atomic E-state index is 0.0742. The van der Waals surface area contributed by atoms with Gasteiger partial charge in [-0.25, -0.2) is 4.68 Å². The van der Waals surface area contributed by atoms with Crippen molar-refractivity contribution in [2.75, 3.05) is 13.7 Å². The maximum Gasteiger partial charge on any atom is 0.168 e. The summed E-state index contributed by atoms with van der Waals surface area (Å²) in [6.07, 6.45) is 1.26. The second kappa shape index (κ2) is 4.93. The number of aromatic nitrogens is 4. The smallest absolute Gasteiger partial charge is 0.168 e. The molecule has 3 unspecified atom stereocenters. The fourth-order valence-corrected chi connectivity index (χ4v) is 2.78. The predicted molar refractivity (Wildman–Crippen MR) is 68.1 cm³/mol. The highest BCUT2D eigenvalue weighted by Crippen LogP contribution is 2.51. The minimum Gasteiger partial charge on any atom is -0.381 e. The number of tetrazole rings is 1. The first-order valence-corrected chi connectivity index (χ1v) is 6.56. The van der Waals surface area contributed by atoms with E-state index < -0.39 is 0 Å². The van der Waals surface area contributed by atoms with Gasteiger partial charge in [0, 0.05) is 12.5 Å². The molecule has 1 aromatic heterocycles. The molecule has 0 aromatic carbocycles. The Kier molecular flexibility index (Phi) is 3.68. The van der Waals surface area contributed by atoms with Crippen molar-refractivity contribution in [3.05, 3.63) is 5.82 Å². The van der Waals surface area contributed by atoms with Gasteiger partial charge in [0.05, 0.1) is 18.2 Å². The standard InChI is InChI=1S/C12H23N5O/c1-6-13-8(2)11-14-15-16-17(11)9-7-10(18-5)12(9,3)4/h8-10,13H,6-7H2,1-5H3. The van der Waals surface area contributed by atoms with E-state index in [1.54, 1.807) is 7.11 Å². The van der Waals surface area contributed by atoms with Crippen LogP contribution in [-0.4, -0.2) is 40.0 Å². The van der Waals surface area contributed by atoms with Crippen LogP contribution in [0.5, 0.6) is 0 Å². The minimum atomic E-state index is 0.0742. The zero-order chi connectivity index (χ0) is 13.3. The Morgan fingerprint density at radius 1 is 1.56 bits per heavy atom. The molecule has 0 bridgehead atoms. The molecule has 1 saturated carbocycles. The molecule has 18 heavy (non-hydrogen) atoms. The molecular formula is C12H23N5O. The van der Waals surface area contributed by atoms with Crippen LogP contribution in [0.3, 0.4) is 0 Å². The van der Waals surface area contributed by atoms with E-state index in [9.17, 15) is 0 Å². The summed E-state index contributed by atoms with van der Waals surface area (Å²) in [6, 6.07) is 0.482. The van der Waals surface area contributed by atoms with Crippen molar-refractivity contribution in [2.24, 2.45) is 5.41 Å². The van der Waals surface area contributed by atoms with Crippen molar-refractivity contribution < 1.29 is 4.74 Å². The summed E-state index contributed by atoms with van der Waals surface area (Å²) in [7, 11) is 1.77. The molecule has 0 radical (unpaired) electrons. The van der Waals surface area contributed by atoms with E-state index in [0.717, 1.165) is 18.8 Å². The van der Waals surface area contributed by atoms with E-state index in [4.69, 9.17) is 4.74 Å². The Morgan fingerprint density at radius 3 is 2.83 bits per heavy atom. The molecule has 2 rings (SSSR count). The number of hydrogen-bond donors (Lipinski definition) is 1. The largest absolute Gasteiger partial charge is 0.381 e. The fraction of sp³-hybridized carbons (Fsp3) is 0.917. The normalized spacial score (nSPS) is 27.8. The third-order valence-electron chi connectivity index (χ3n) is 4.12. The summed E-state index contributed by atoms with van der Waals surface area (Å²) in [5.41, 5.74) is 0.0742. The second-order valence-corrected chi connectivity index (χ2v) is 5.56. The Balaban J connectivity index is 2.18. The van der Waals surface area contributed by atoms with Crippen LogP contribution in [0.4, 0.5) is 0 Å². The van der Waals surface area contributed by atoms with E-state index in [-0.39, 0.29) is 17.6 Å². The van der Waals surface area contributed by atoms with Gasteiger partial charge in [0.2, 0.25) is 0 Å². The van der Waals surface area contributed by atoms with Crippen LogP contribution in [0.15, 0.2) is 0 Å². The zero-order valence-corrected chi connectivity index (χ0v) is 11.8. The molecule has 1 aliphatic rings. The Hall–Kier alpha value is -1.01. The lowest BCUT2D eigenvalue weighted by Gasteiger charge is -2.50. The number of methoxy groups -OCH3 is 1. The molecule has 0 saturated heterocycles. The molecule has 1 fully saturated rings. The highest BCUT2D eigenvalue weighted by Gasteiger charge is 2.51. The van der Waals surface area contributed by atoms with Crippen LogP contribution in [0.25, 0.3) is 0 Å². The van der Waals surface area contributed by atoms with Crippen LogP contribution in [0, 0.1) is 5.41 Å². The van der Waals surface area contributed by atoms with Crippen LogP contribution >= 0.6 is 0 Å². The fourth-order valence-electron chi connectivity index (χ4n) is 2.78. The van der Waals surface area contributed by atoms with Gasteiger partial charge in [-0.05, 0) is 30.3 Å². The molecule has 1 aliphatic carbocycles. The van der Waals surface area contributed by atoms with Crippen LogP contribution in [-0.2, 0) is 4.74 Å². The van der Waals surface area contributed by atoms with E-state index >= 15 is 0 Å². The van der Waals surface area contributed by atoms with Crippen molar-refractivity contribution in [2.45, 2.75) is 52.3 Å². The topological polar surface area (TPSA) is 64.9 Å². The van der Waals surface area contributed by atoms with Gasteiger partial charge >= 0.3 is 0 Å². The monoisotopic (exact) mass is 253 g/mol. The van der Waals surface area contributed by atoms with Gasteiger partial charge in [0.1, 0.15) is 0 Å². The molecular weight excluding hydrogens is 230 g/mol. The quantitative estimate of drug-likeness (QED) is 0.857. The summed E-state index contributed by atoms with van der Waals surface area (Å²) in [5, 5.41) is 15.5. The SMILES string of the molecule is CCNC(C)c1nnnn1C1CC(OC)C1(C)C. The Bertz CT molecular complexity index is 403. The molecule has 0 spiro atoms. The third-order valence-corrected chi connectivity index (χ3v) is 4.12. The van der Waals surface area contributed by atoms with Gasteiger partial charge < -0.3 is 10.1 Å². The second-order valence-electron chi connectivity index (χ2n) is 5.56. The van der Waals surface area contributed by atoms with Crippen molar-refractivity contribution in [3.63, 3.8) is 0 Å². The number of ether oxygens (including phenoxy) is 1. The summed E-state index contributed by atoms with van der Waals surface area (Å²) >= 11 is 0. The van der Waals surface area contributed by atoms with Crippen molar-refractivity contribution in [1.82, 2.24) is 25.5 Å². The summed E-state index contributed by atoms with van der Waals surface area (Å²) in [6.45, 7) is 9.49. The lowest BCUT2D eigenvalue weighted by molar-refractivity contribution is -0.117. The van der Waals surface area contributed by atoms with Gasteiger partial charge in [-0.2, -0.15) is 0 Å². The summed E-state index contributed by atoms with van der Waals surface area (Å²) < 4.78 is 7.44. The lowest BCUT2D eigenvalue weighted by Crippen LogP contribution is -2.52. The van der Waals surface area contributed by atoms with Crippen molar-refractivity contribution in [1.29, 1.82) is 0 Å². The van der Waals surface area contributed by atoms with Gasteiger partial charge in [0.25, 0.3) is 0 Å². The molecule has 6 heteroatoms. The Labute approximate surface area is 108 Å². The molecule has 1 aromatic rings. The average Bonchev–Trinajstić information content (AvgIpc) is 2.77.